The van der Waals surface area contributed by atoms with E-state index >= 15 is 0 Å². The van der Waals surface area contributed by atoms with E-state index in [0.717, 1.165) is 15.6 Å². The van der Waals surface area contributed by atoms with Crippen LogP contribution < -0.4 is 0 Å². The van der Waals surface area contributed by atoms with Crippen molar-refractivity contribution in [3.05, 3.63) is 27.3 Å². The molecular weight excluding hydrogens is 279 g/mol. The summed E-state index contributed by atoms with van der Waals surface area (Å²) in [4.78, 5) is 10.7. The molecule has 1 aromatic rings. The molecule has 0 fully saturated rings. The average Bonchev–Trinajstić information content (AvgIpc) is 2.07. The molecule has 0 unspecified atom stereocenters. The lowest BCUT2D eigenvalue weighted by Crippen LogP contribution is -1.94. The fourth-order valence-corrected chi connectivity index (χ4v) is 1.61. The van der Waals surface area contributed by atoms with Crippen LogP contribution in [-0.4, -0.2) is 10.9 Å². The Bertz CT molecular complexity index is 321. The van der Waals surface area contributed by atoms with Gasteiger partial charge >= 0.3 is 0 Å². The molecule has 0 heterocycles. The van der Waals surface area contributed by atoms with E-state index in [-0.39, 0.29) is 5.78 Å². The maximum absolute atomic E-state index is 10.7. The van der Waals surface area contributed by atoms with Gasteiger partial charge in [-0.1, -0.05) is 6.07 Å². The van der Waals surface area contributed by atoms with Gasteiger partial charge in [-0.2, -0.15) is 0 Å². The zero-order valence-electron chi connectivity index (χ0n) is 7.38. The Hall–Kier alpha value is -0.580. The Balaban J connectivity index is 2.68. The standard InChI is InChI=1S/C10H11IO2/c1-7(12)2-3-8-4-5-10(13)9(11)6-8/h4-6,13H,2-3H2,1H3. The molecule has 0 bridgehead atoms. The number of phenols is 1. The van der Waals surface area contributed by atoms with Gasteiger partial charge in [-0.25, -0.2) is 0 Å². The van der Waals surface area contributed by atoms with Gasteiger partial charge in [0.1, 0.15) is 11.5 Å². The zero-order chi connectivity index (χ0) is 9.84. The molecule has 0 aliphatic carbocycles. The number of carbonyl (C=O) groups is 1. The van der Waals surface area contributed by atoms with Crippen molar-refractivity contribution in [1.82, 2.24) is 0 Å². The van der Waals surface area contributed by atoms with Crippen LogP contribution in [0.25, 0.3) is 0 Å². The molecule has 0 amide bonds. The van der Waals surface area contributed by atoms with Crippen LogP contribution in [0.2, 0.25) is 0 Å². The maximum atomic E-state index is 10.7. The quantitative estimate of drug-likeness (QED) is 0.869. The summed E-state index contributed by atoms with van der Waals surface area (Å²) in [7, 11) is 0. The summed E-state index contributed by atoms with van der Waals surface area (Å²) in [5, 5.41) is 9.25. The minimum Gasteiger partial charge on any atom is -0.507 e. The molecule has 3 heteroatoms. The highest BCUT2D eigenvalue weighted by Gasteiger charge is 2.00. The predicted octanol–water partition coefficient (Wildman–Crippen LogP) is 2.52. The van der Waals surface area contributed by atoms with Crippen molar-refractivity contribution in [3.63, 3.8) is 0 Å². The number of hydrogen-bond acceptors (Lipinski definition) is 2. The van der Waals surface area contributed by atoms with Crippen LogP contribution in [0.4, 0.5) is 0 Å². The Kier molecular flexibility index (Phi) is 3.71. The third-order valence-corrected chi connectivity index (χ3v) is 2.64. The average molecular weight is 290 g/mol. The van der Waals surface area contributed by atoms with E-state index in [1.54, 1.807) is 13.0 Å². The number of Topliss-reactive ketones (excluding diaryl/α,β-unsaturated/α-hetero) is 1. The van der Waals surface area contributed by atoms with Crippen molar-refractivity contribution in [2.75, 3.05) is 0 Å². The van der Waals surface area contributed by atoms with E-state index in [0.29, 0.717) is 12.2 Å². The second-order valence-electron chi connectivity index (χ2n) is 2.99. The lowest BCUT2D eigenvalue weighted by molar-refractivity contribution is -0.116. The highest BCUT2D eigenvalue weighted by Crippen LogP contribution is 2.20. The van der Waals surface area contributed by atoms with E-state index in [4.69, 9.17) is 0 Å². The lowest BCUT2D eigenvalue weighted by atomic mass is 10.1. The second kappa shape index (κ2) is 4.60. The monoisotopic (exact) mass is 290 g/mol. The van der Waals surface area contributed by atoms with Crippen molar-refractivity contribution < 1.29 is 9.90 Å². The van der Waals surface area contributed by atoms with Gasteiger partial charge in [0.05, 0.1) is 3.57 Å². The number of aryl methyl sites for hydroxylation is 1. The molecule has 1 N–H and O–H groups in total. The van der Waals surface area contributed by atoms with Crippen LogP contribution >= 0.6 is 22.6 Å². The number of aromatic hydroxyl groups is 1. The van der Waals surface area contributed by atoms with E-state index in [9.17, 15) is 9.90 Å². The van der Waals surface area contributed by atoms with Crippen molar-refractivity contribution in [1.29, 1.82) is 0 Å². The smallest absolute Gasteiger partial charge is 0.130 e. The number of benzene rings is 1. The summed E-state index contributed by atoms with van der Waals surface area (Å²) in [6.07, 6.45) is 1.33. The van der Waals surface area contributed by atoms with E-state index < -0.39 is 0 Å². The van der Waals surface area contributed by atoms with Gasteiger partial charge in [0.15, 0.2) is 0 Å². The predicted molar refractivity (Wildman–Crippen MR) is 59.8 cm³/mol. The largest absolute Gasteiger partial charge is 0.507 e. The summed E-state index contributed by atoms with van der Waals surface area (Å²) >= 11 is 2.07. The van der Waals surface area contributed by atoms with Crippen molar-refractivity contribution in [2.24, 2.45) is 0 Å². The zero-order valence-corrected chi connectivity index (χ0v) is 9.54. The summed E-state index contributed by atoms with van der Waals surface area (Å²) in [5.74, 6) is 0.496. The first-order valence-corrected chi connectivity index (χ1v) is 5.14. The van der Waals surface area contributed by atoms with Gasteiger partial charge < -0.3 is 9.90 Å². The van der Waals surface area contributed by atoms with E-state index in [1.807, 2.05) is 12.1 Å². The normalized spacial score (nSPS) is 10.0. The van der Waals surface area contributed by atoms with E-state index in [1.165, 1.54) is 0 Å². The summed E-state index contributed by atoms with van der Waals surface area (Å²) in [5.41, 5.74) is 1.09. The molecule has 0 spiro atoms. The highest BCUT2D eigenvalue weighted by molar-refractivity contribution is 14.1. The van der Waals surface area contributed by atoms with Crippen LogP contribution in [0.5, 0.6) is 5.75 Å². The number of phenolic OH excluding ortho intramolecular Hbond substituents is 1. The molecule has 0 aromatic heterocycles. The Morgan fingerprint density at radius 2 is 2.23 bits per heavy atom. The number of rotatable bonds is 3. The molecule has 0 radical (unpaired) electrons. The van der Waals surface area contributed by atoms with E-state index in [2.05, 4.69) is 22.6 Å². The summed E-state index contributed by atoms with van der Waals surface area (Å²) < 4.78 is 0.832. The fourth-order valence-electron chi connectivity index (χ4n) is 1.03. The molecule has 70 valence electrons. The molecule has 0 atom stereocenters. The topological polar surface area (TPSA) is 37.3 Å². The number of carbonyl (C=O) groups excluding carboxylic acids is 1. The first-order chi connectivity index (χ1) is 6.09. The molecule has 1 rings (SSSR count). The second-order valence-corrected chi connectivity index (χ2v) is 4.15. The summed E-state index contributed by atoms with van der Waals surface area (Å²) in [6.45, 7) is 1.59. The van der Waals surface area contributed by atoms with Crippen molar-refractivity contribution in [2.45, 2.75) is 19.8 Å². The van der Waals surface area contributed by atoms with Crippen LogP contribution in [0, 0.1) is 3.57 Å². The molecule has 2 nitrogen and oxygen atoms in total. The lowest BCUT2D eigenvalue weighted by Gasteiger charge is -2.01. The third kappa shape index (κ3) is 3.34. The number of hydrogen-bond donors (Lipinski definition) is 1. The van der Waals surface area contributed by atoms with Gasteiger partial charge in [-0.15, -0.1) is 0 Å². The van der Waals surface area contributed by atoms with Crippen LogP contribution in [-0.2, 0) is 11.2 Å². The molecule has 1 aromatic carbocycles. The molecule has 0 saturated carbocycles. The minimum atomic E-state index is 0.197. The molecule has 0 aliphatic rings. The minimum absolute atomic E-state index is 0.197. The molecule has 0 saturated heterocycles. The Morgan fingerprint density at radius 3 is 2.77 bits per heavy atom. The number of halogens is 1. The summed E-state index contributed by atoms with van der Waals surface area (Å²) in [6, 6.07) is 5.41. The van der Waals surface area contributed by atoms with Gasteiger partial charge in [0.2, 0.25) is 0 Å². The number of ketones is 1. The molecular formula is C10H11IO2. The SMILES string of the molecule is CC(=O)CCc1ccc(O)c(I)c1. The first-order valence-electron chi connectivity index (χ1n) is 4.06. The molecule has 0 aliphatic heterocycles. The highest BCUT2D eigenvalue weighted by atomic mass is 127. The van der Waals surface area contributed by atoms with Crippen LogP contribution in [0.3, 0.4) is 0 Å². The van der Waals surface area contributed by atoms with Gasteiger partial charge in [-0.05, 0) is 53.6 Å². The molecule has 13 heavy (non-hydrogen) atoms. The van der Waals surface area contributed by atoms with Gasteiger partial charge in [0.25, 0.3) is 0 Å². The Morgan fingerprint density at radius 1 is 1.54 bits per heavy atom. The third-order valence-electron chi connectivity index (χ3n) is 1.78. The van der Waals surface area contributed by atoms with Crippen LogP contribution in [0.1, 0.15) is 18.9 Å². The Labute approximate surface area is 91.1 Å². The maximum Gasteiger partial charge on any atom is 0.130 e. The van der Waals surface area contributed by atoms with Crippen LogP contribution in [0.15, 0.2) is 18.2 Å². The van der Waals surface area contributed by atoms with Gasteiger partial charge in [-0.3, -0.25) is 0 Å². The van der Waals surface area contributed by atoms with Crippen molar-refractivity contribution >= 4 is 28.4 Å². The first kappa shape index (κ1) is 10.5. The fraction of sp³-hybridized carbons (Fsp3) is 0.300. The van der Waals surface area contributed by atoms with Gasteiger partial charge in [0, 0.05) is 6.42 Å². The van der Waals surface area contributed by atoms with Crippen molar-refractivity contribution in [3.8, 4) is 5.75 Å².